The van der Waals surface area contributed by atoms with Gasteiger partial charge in [-0.2, -0.15) is 0 Å². The highest BCUT2D eigenvalue weighted by Gasteiger charge is 2.17. The molecule has 0 atom stereocenters. The second-order valence-corrected chi connectivity index (χ2v) is 6.11. The molecule has 1 aromatic carbocycles. The molecule has 0 spiro atoms. The summed E-state index contributed by atoms with van der Waals surface area (Å²) in [6, 6.07) is 3.88. The molecule has 0 saturated carbocycles. The van der Waals surface area contributed by atoms with Crippen molar-refractivity contribution in [2.45, 2.75) is 31.9 Å². The first-order chi connectivity index (χ1) is 10.5. The van der Waals surface area contributed by atoms with Gasteiger partial charge in [-0.05, 0) is 37.8 Å². The van der Waals surface area contributed by atoms with Crippen LogP contribution < -0.4 is 5.48 Å². The maximum absolute atomic E-state index is 13.5. The van der Waals surface area contributed by atoms with Crippen molar-refractivity contribution in [1.82, 2.24) is 5.48 Å². The van der Waals surface area contributed by atoms with E-state index in [1.807, 2.05) is 6.92 Å². The van der Waals surface area contributed by atoms with Crippen molar-refractivity contribution >= 4 is 17.5 Å². The first-order valence-corrected chi connectivity index (χ1v) is 7.90. The Labute approximate surface area is 132 Å². The van der Waals surface area contributed by atoms with Gasteiger partial charge in [-0.25, -0.2) is 8.78 Å². The van der Waals surface area contributed by atoms with E-state index in [1.165, 1.54) is 18.2 Å². The number of ketones is 1. The monoisotopic (exact) mass is 324 g/mol. The van der Waals surface area contributed by atoms with Crippen LogP contribution in [0.25, 0.3) is 0 Å². The maximum atomic E-state index is 13.5. The molecule has 1 N–H and O–H groups in total. The lowest BCUT2D eigenvalue weighted by atomic mass is 10.1. The van der Waals surface area contributed by atoms with Gasteiger partial charge in [0.2, 0.25) is 0 Å². The van der Waals surface area contributed by atoms with Crippen LogP contribution in [0.2, 0.25) is 0 Å². The number of allylic oxidation sites excluding steroid dienone is 3. The Morgan fingerprint density at radius 3 is 2.82 bits per heavy atom. The zero-order chi connectivity index (χ0) is 16.1. The van der Waals surface area contributed by atoms with Crippen LogP contribution in [0.15, 0.2) is 40.5 Å². The second-order valence-electron chi connectivity index (χ2n) is 5.09. The molecule has 0 radical (unpaired) electrons. The lowest BCUT2D eigenvalue weighted by molar-refractivity contribution is -0.111. The van der Waals surface area contributed by atoms with Crippen LogP contribution in [0.4, 0.5) is 8.78 Å². The highest BCUT2D eigenvalue weighted by molar-refractivity contribution is 8.02. The first kappa shape index (κ1) is 16.7. The van der Waals surface area contributed by atoms with Crippen molar-refractivity contribution < 1.29 is 13.6 Å². The van der Waals surface area contributed by atoms with E-state index in [1.54, 1.807) is 5.48 Å². The van der Waals surface area contributed by atoms with Gasteiger partial charge >= 0.3 is 0 Å². The molecule has 0 amide bonds. The number of halogens is 2. The number of carbonyl (C=O) groups excluding carboxylic acids is 1. The fourth-order valence-corrected chi connectivity index (χ4v) is 3.13. The highest BCUT2D eigenvalue weighted by atomic mass is 32.2. The molecule has 0 bridgehead atoms. The molecule has 118 valence electrons. The number of benzene rings is 1. The quantitative estimate of drug-likeness (QED) is 0.629. The molecular formula is C16H16F2NO2S-. The summed E-state index contributed by atoms with van der Waals surface area (Å²) in [7, 11) is 0. The summed E-state index contributed by atoms with van der Waals surface area (Å²) in [6.45, 7) is 1.91. The van der Waals surface area contributed by atoms with Crippen LogP contribution in [-0.4, -0.2) is 5.78 Å². The van der Waals surface area contributed by atoms with Crippen LogP contribution in [0, 0.1) is 16.8 Å². The fraction of sp³-hybridized carbons (Fsp3) is 0.312. The SMILES string of the molecule is CC1=C(C(=O)C=C(N[O-])SCc2cccc(F)c2F)CCC1. The normalized spacial score (nSPS) is 15.4. The van der Waals surface area contributed by atoms with Crippen molar-refractivity contribution in [1.29, 1.82) is 0 Å². The van der Waals surface area contributed by atoms with E-state index >= 15 is 0 Å². The number of thioether (sulfide) groups is 1. The standard InChI is InChI=1S/C16H16F2NO2S/c1-10-4-2-6-12(10)14(20)8-15(19-21)22-9-11-5-3-7-13(17)16(11)18/h3,5,7-8,19H,2,4,6,9H2,1H3/q-1. The number of carbonyl (C=O) groups is 1. The van der Waals surface area contributed by atoms with Crippen molar-refractivity contribution in [3.05, 3.63) is 62.9 Å². The zero-order valence-corrected chi connectivity index (χ0v) is 12.9. The van der Waals surface area contributed by atoms with Gasteiger partial charge < -0.3 is 10.7 Å². The van der Waals surface area contributed by atoms with E-state index in [0.717, 1.165) is 48.2 Å². The summed E-state index contributed by atoms with van der Waals surface area (Å²) in [4.78, 5) is 12.1. The van der Waals surface area contributed by atoms with Crippen LogP contribution in [0.1, 0.15) is 31.7 Å². The number of hydrogen-bond donors (Lipinski definition) is 1. The Hall–Kier alpha value is -1.66. The van der Waals surface area contributed by atoms with Gasteiger partial charge in [0.25, 0.3) is 0 Å². The molecule has 22 heavy (non-hydrogen) atoms. The van der Waals surface area contributed by atoms with Crippen molar-refractivity contribution in [3.63, 3.8) is 0 Å². The van der Waals surface area contributed by atoms with Gasteiger partial charge in [-0.3, -0.25) is 4.79 Å². The maximum Gasteiger partial charge on any atom is 0.184 e. The highest BCUT2D eigenvalue weighted by Crippen LogP contribution is 2.28. The van der Waals surface area contributed by atoms with Gasteiger partial charge in [0, 0.05) is 17.4 Å². The number of rotatable bonds is 6. The summed E-state index contributed by atoms with van der Waals surface area (Å²) in [5, 5.41) is 11.1. The van der Waals surface area contributed by atoms with Crippen LogP contribution in [-0.2, 0) is 10.5 Å². The van der Waals surface area contributed by atoms with Gasteiger partial charge in [-0.15, -0.1) is 11.8 Å². The van der Waals surface area contributed by atoms with Crippen molar-refractivity contribution in [3.8, 4) is 0 Å². The lowest BCUT2D eigenvalue weighted by Gasteiger charge is -2.14. The minimum atomic E-state index is -0.930. The predicted octanol–water partition coefficient (Wildman–Crippen LogP) is 4.20. The number of nitrogens with one attached hydrogen (secondary N) is 1. The number of hydroxylamine groups is 1. The average molecular weight is 324 g/mol. The molecule has 1 aromatic rings. The fourth-order valence-electron chi connectivity index (χ4n) is 2.35. The topological polar surface area (TPSA) is 52.2 Å². The molecular weight excluding hydrogens is 308 g/mol. The number of hydrogen-bond acceptors (Lipinski definition) is 4. The third-order valence-corrected chi connectivity index (χ3v) is 4.54. The van der Waals surface area contributed by atoms with E-state index in [9.17, 15) is 18.8 Å². The van der Waals surface area contributed by atoms with E-state index in [4.69, 9.17) is 0 Å². The van der Waals surface area contributed by atoms with Crippen LogP contribution >= 0.6 is 11.8 Å². The lowest BCUT2D eigenvalue weighted by Crippen LogP contribution is -2.06. The molecule has 2 rings (SSSR count). The van der Waals surface area contributed by atoms with Crippen molar-refractivity contribution in [2.24, 2.45) is 0 Å². The van der Waals surface area contributed by atoms with E-state index in [-0.39, 0.29) is 22.1 Å². The molecule has 0 aromatic heterocycles. The minimum Gasteiger partial charge on any atom is -0.761 e. The van der Waals surface area contributed by atoms with Gasteiger partial charge in [0.1, 0.15) is 0 Å². The smallest absolute Gasteiger partial charge is 0.184 e. The molecule has 3 nitrogen and oxygen atoms in total. The molecule has 1 aliphatic rings. The summed E-state index contributed by atoms with van der Waals surface area (Å²) < 4.78 is 26.6. The third-order valence-electron chi connectivity index (χ3n) is 3.57. The van der Waals surface area contributed by atoms with E-state index in [2.05, 4.69) is 0 Å². The molecule has 0 heterocycles. The molecule has 0 saturated heterocycles. The Morgan fingerprint density at radius 1 is 1.41 bits per heavy atom. The van der Waals surface area contributed by atoms with Gasteiger partial charge in [0.05, 0.1) is 5.03 Å². The summed E-state index contributed by atoms with van der Waals surface area (Å²) >= 11 is 0.973. The Morgan fingerprint density at radius 2 is 2.18 bits per heavy atom. The molecule has 1 aliphatic carbocycles. The Bertz CT molecular complexity index is 641. The largest absolute Gasteiger partial charge is 0.761 e. The minimum absolute atomic E-state index is 0.0655. The zero-order valence-electron chi connectivity index (χ0n) is 12.1. The van der Waals surface area contributed by atoms with Crippen LogP contribution in [0.5, 0.6) is 0 Å². The van der Waals surface area contributed by atoms with Gasteiger partial charge in [-0.1, -0.05) is 17.7 Å². The van der Waals surface area contributed by atoms with Crippen LogP contribution in [0.3, 0.4) is 0 Å². The molecule has 6 heteroatoms. The van der Waals surface area contributed by atoms with Crippen molar-refractivity contribution in [2.75, 3.05) is 0 Å². The van der Waals surface area contributed by atoms with E-state index in [0.29, 0.717) is 0 Å². The van der Waals surface area contributed by atoms with Gasteiger partial charge in [0.15, 0.2) is 17.4 Å². The third kappa shape index (κ3) is 3.96. The Balaban J connectivity index is 2.06. The summed E-state index contributed by atoms with van der Waals surface area (Å²) in [5.74, 6) is -1.99. The molecule has 0 aliphatic heterocycles. The van der Waals surface area contributed by atoms with E-state index < -0.39 is 11.6 Å². The Kier molecular flexibility index (Phi) is 5.74. The summed E-state index contributed by atoms with van der Waals surface area (Å²) in [6.07, 6.45) is 3.80. The second kappa shape index (κ2) is 7.56. The molecule has 0 unspecified atom stereocenters. The molecule has 0 fully saturated rings. The average Bonchev–Trinajstić information content (AvgIpc) is 2.93. The first-order valence-electron chi connectivity index (χ1n) is 6.91. The predicted molar refractivity (Wildman–Crippen MR) is 83.8 cm³/mol. The summed E-state index contributed by atoms with van der Waals surface area (Å²) in [5.41, 5.74) is 3.63.